The van der Waals surface area contributed by atoms with Gasteiger partial charge in [0.15, 0.2) is 0 Å². The summed E-state index contributed by atoms with van der Waals surface area (Å²) in [6, 6.07) is 0. The van der Waals surface area contributed by atoms with Gasteiger partial charge in [0.1, 0.15) is 0 Å². The molecule has 2 aliphatic carbocycles. The molecule has 0 bridgehead atoms. The quantitative estimate of drug-likeness (QED) is 0.376. The minimum Gasteiger partial charge on any atom is -1.00 e. The normalized spacial score (nSPS) is 19.2. The van der Waals surface area contributed by atoms with Crippen molar-refractivity contribution in [3.05, 3.63) is 42.1 Å². The van der Waals surface area contributed by atoms with Crippen molar-refractivity contribution in [2.75, 3.05) is 0 Å². The Bertz CT molecular complexity index is 416. The molecule has 0 fully saturated rings. The predicted octanol–water partition coefficient (Wildman–Crippen LogP) is -0.403. The molecule has 0 saturated carbocycles. The van der Waals surface area contributed by atoms with Crippen molar-refractivity contribution < 1.29 is 56.9 Å². The topological polar surface area (TPSA) is 0 Å². The van der Waals surface area contributed by atoms with Crippen molar-refractivity contribution in [1.82, 2.24) is 0 Å². The van der Waals surface area contributed by atoms with Crippen molar-refractivity contribution in [2.45, 2.75) is 53.4 Å². The number of rotatable bonds is 6. The Morgan fingerprint density at radius 2 is 1.24 bits per heavy atom. The fourth-order valence-corrected chi connectivity index (χ4v) is 9.13. The Balaban J connectivity index is 0.00000200. The molecule has 2 unspecified atom stereocenters. The van der Waals surface area contributed by atoms with Crippen LogP contribution < -0.4 is 34.0 Å². The molecular formula is C18H26Br2Hf. The molecule has 3 heteroatoms. The van der Waals surface area contributed by atoms with Crippen LogP contribution in [0.3, 0.4) is 0 Å². The van der Waals surface area contributed by atoms with E-state index in [0.717, 1.165) is 11.8 Å². The molecule has 2 atom stereocenters. The second kappa shape index (κ2) is 10.5. The molecule has 2 rings (SSSR count). The van der Waals surface area contributed by atoms with Crippen molar-refractivity contribution >= 4 is 0 Å². The summed E-state index contributed by atoms with van der Waals surface area (Å²) in [7, 11) is 0. The zero-order chi connectivity index (χ0) is 13.8. The van der Waals surface area contributed by atoms with Crippen LogP contribution in [-0.4, -0.2) is 0 Å². The zero-order valence-corrected chi connectivity index (χ0v) is 20.3. The van der Waals surface area contributed by atoms with Crippen molar-refractivity contribution in [3.63, 3.8) is 0 Å². The van der Waals surface area contributed by atoms with Gasteiger partial charge >= 0.3 is 130 Å². The van der Waals surface area contributed by atoms with E-state index in [1.165, 1.54) is 25.7 Å². The Morgan fingerprint density at radius 1 is 0.857 bits per heavy atom. The number of halogens is 2. The summed E-state index contributed by atoms with van der Waals surface area (Å²) >= 11 is -0.764. The van der Waals surface area contributed by atoms with Crippen LogP contribution in [0, 0.1) is 11.8 Å². The van der Waals surface area contributed by atoms with E-state index in [-0.39, 0.29) is 34.0 Å². The summed E-state index contributed by atoms with van der Waals surface area (Å²) < 4.78 is 3.74. The van der Waals surface area contributed by atoms with Crippen LogP contribution in [0.15, 0.2) is 42.1 Å². The summed E-state index contributed by atoms with van der Waals surface area (Å²) in [5, 5.41) is 0. The summed E-state index contributed by atoms with van der Waals surface area (Å²) in [6.07, 6.45) is 14.7. The molecular weight excluding hydrogens is 554 g/mol. The van der Waals surface area contributed by atoms with E-state index in [2.05, 4.69) is 52.0 Å². The molecule has 116 valence electrons. The summed E-state index contributed by atoms with van der Waals surface area (Å²) in [4.78, 5) is 0. The van der Waals surface area contributed by atoms with E-state index in [9.17, 15) is 0 Å². The van der Waals surface area contributed by atoms with Gasteiger partial charge in [-0.25, -0.2) is 0 Å². The second-order valence-electron chi connectivity index (χ2n) is 5.82. The molecule has 21 heavy (non-hydrogen) atoms. The summed E-state index contributed by atoms with van der Waals surface area (Å²) in [5.41, 5.74) is 3.41. The van der Waals surface area contributed by atoms with E-state index in [0.29, 0.717) is 0 Å². The predicted molar refractivity (Wildman–Crippen MR) is 80.5 cm³/mol. The zero-order valence-electron chi connectivity index (χ0n) is 13.5. The molecule has 2 aliphatic rings. The first-order chi connectivity index (χ1) is 9.17. The maximum absolute atomic E-state index is 2.42. The van der Waals surface area contributed by atoms with Gasteiger partial charge in [0, 0.05) is 0 Å². The van der Waals surface area contributed by atoms with Crippen LogP contribution in [0.1, 0.15) is 53.4 Å². The van der Waals surface area contributed by atoms with Gasteiger partial charge in [-0.3, -0.25) is 0 Å². The number of hydrogen-bond acceptors (Lipinski definition) is 0. The molecule has 0 spiro atoms. The van der Waals surface area contributed by atoms with E-state index >= 15 is 0 Å². The van der Waals surface area contributed by atoms with Gasteiger partial charge in [-0.1, -0.05) is 0 Å². The van der Waals surface area contributed by atoms with Crippen LogP contribution in [0.4, 0.5) is 0 Å². The van der Waals surface area contributed by atoms with E-state index in [1.807, 2.05) is 6.66 Å². The van der Waals surface area contributed by atoms with E-state index in [4.69, 9.17) is 0 Å². The average molecular weight is 581 g/mol. The second-order valence-corrected chi connectivity index (χ2v) is 11.1. The minimum atomic E-state index is -0.764. The fraction of sp³-hybridized carbons (Fsp3) is 0.556. The first kappa shape index (κ1) is 21.8. The van der Waals surface area contributed by atoms with Crippen LogP contribution >= 0.6 is 0 Å². The first-order valence-electron chi connectivity index (χ1n) is 7.73. The standard InChI is InChI=1S/2C9H13.2BrH.Hf/c2*1-3-8(2)9-6-4-5-7-9;;;/h2*4,6,8H,3,5H2,1-2H3;2*1H;/q;;;;+2/p-2. The molecule has 0 amide bonds. The van der Waals surface area contributed by atoms with Gasteiger partial charge in [0.2, 0.25) is 0 Å². The fourth-order valence-electron chi connectivity index (χ4n) is 2.84. The Morgan fingerprint density at radius 3 is 1.57 bits per heavy atom. The van der Waals surface area contributed by atoms with Crippen molar-refractivity contribution in [3.8, 4) is 0 Å². The van der Waals surface area contributed by atoms with Crippen LogP contribution in [0.2, 0.25) is 0 Å². The SMILES string of the molecule is CCC(C)C1=[C]([Hf+2][C]2=C(C(C)CC)C=CC2)CC=C1.[Br-].[Br-]. The van der Waals surface area contributed by atoms with Crippen LogP contribution in [-0.2, 0) is 22.9 Å². The minimum absolute atomic E-state index is 0. The third-order valence-corrected chi connectivity index (χ3v) is 10.2. The molecule has 0 N–H and O–H groups in total. The molecule has 0 aromatic rings. The third kappa shape index (κ3) is 5.42. The van der Waals surface area contributed by atoms with Gasteiger partial charge in [0.05, 0.1) is 0 Å². The number of allylic oxidation sites excluding steroid dienone is 8. The number of hydrogen-bond donors (Lipinski definition) is 0. The first-order valence-corrected chi connectivity index (χ1v) is 11.3. The molecule has 0 aromatic heterocycles. The monoisotopic (exact) mass is 580 g/mol. The van der Waals surface area contributed by atoms with Crippen LogP contribution in [0.5, 0.6) is 0 Å². The van der Waals surface area contributed by atoms with Gasteiger partial charge in [0.25, 0.3) is 0 Å². The Labute approximate surface area is 163 Å². The molecule has 0 nitrogen and oxygen atoms in total. The third-order valence-electron chi connectivity index (χ3n) is 4.52. The average Bonchev–Trinajstić information content (AvgIpc) is 3.06. The maximum Gasteiger partial charge on any atom is -1.00 e. The molecule has 0 aliphatic heterocycles. The summed E-state index contributed by atoms with van der Waals surface area (Å²) in [6.45, 7) is 9.42. The summed E-state index contributed by atoms with van der Waals surface area (Å²) in [5.74, 6) is 1.53. The maximum atomic E-state index is 2.42. The van der Waals surface area contributed by atoms with Gasteiger partial charge in [-0.2, -0.15) is 0 Å². The van der Waals surface area contributed by atoms with E-state index < -0.39 is 22.9 Å². The molecule has 0 heterocycles. The molecule has 0 radical (unpaired) electrons. The Hall–Kier alpha value is 0.790. The Kier molecular flexibility index (Phi) is 10.9. The molecule has 0 aromatic carbocycles. The van der Waals surface area contributed by atoms with Gasteiger partial charge in [-0.05, 0) is 0 Å². The van der Waals surface area contributed by atoms with Crippen molar-refractivity contribution in [1.29, 1.82) is 0 Å². The molecule has 0 saturated heterocycles. The van der Waals surface area contributed by atoms with Gasteiger partial charge in [-0.15, -0.1) is 0 Å². The van der Waals surface area contributed by atoms with Gasteiger partial charge < -0.3 is 34.0 Å². The van der Waals surface area contributed by atoms with Crippen LogP contribution in [0.25, 0.3) is 0 Å². The van der Waals surface area contributed by atoms with E-state index in [1.54, 1.807) is 11.1 Å². The largest absolute Gasteiger partial charge is 1.00 e. The smallest absolute Gasteiger partial charge is 1.00 e. The van der Waals surface area contributed by atoms with Crippen molar-refractivity contribution in [2.24, 2.45) is 11.8 Å².